The molecule has 2 aromatic carbocycles. The molecule has 0 heterocycles. The maximum atomic E-state index is 13.9. The summed E-state index contributed by atoms with van der Waals surface area (Å²) in [6, 6.07) is 7.54. The van der Waals surface area contributed by atoms with Crippen molar-refractivity contribution in [2.24, 2.45) is 0 Å². The predicted octanol–water partition coefficient (Wildman–Crippen LogP) is 5.88. The van der Waals surface area contributed by atoms with E-state index in [1.54, 1.807) is 18.2 Å². The van der Waals surface area contributed by atoms with Crippen LogP contribution < -0.4 is 5.32 Å². The van der Waals surface area contributed by atoms with Crippen LogP contribution in [0.3, 0.4) is 0 Å². The molecular weight excluding hydrogens is 383 g/mol. The summed E-state index contributed by atoms with van der Waals surface area (Å²) < 4.78 is 27.8. The van der Waals surface area contributed by atoms with Crippen molar-refractivity contribution >= 4 is 39.1 Å². The molecule has 0 fully saturated rings. The quantitative estimate of drug-likeness (QED) is 0.638. The number of rotatable bonds is 4. The van der Waals surface area contributed by atoms with Gasteiger partial charge in [0.05, 0.1) is 4.47 Å². The lowest BCUT2D eigenvalue weighted by Crippen LogP contribution is -2.20. The van der Waals surface area contributed by atoms with E-state index in [1.165, 1.54) is 12.1 Å². The van der Waals surface area contributed by atoms with Gasteiger partial charge in [0.15, 0.2) is 0 Å². The molecule has 0 aliphatic heterocycles. The molecular formula is C15H12BrCl2F2N. The second-order valence-electron chi connectivity index (χ2n) is 4.59. The van der Waals surface area contributed by atoms with Gasteiger partial charge in [0, 0.05) is 28.2 Å². The Morgan fingerprint density at radius 2 is 1.90 bits per heavy atom. The lowest BCUT2D eigenvalue weighted by atomic mass is 10.1. The Balaban J connectivity index is 2.15. The minimum absolute atomic E-state index is 0.0127. The van der Waals surface area contributed by atoms with E-state index in [-0.39, 0.29) is 22.6 Å². The molecule has 0 spiro atoms. The molecule has 21 heavy (non-hydrogen) atoms. The molecule has 0 radical (unpaired) electrons. The molecule has 0 aromatic heterocycles. The number of benzene rings is 2. The summed E-state index contributed by atoms with van der Waals surface area (Å²) in [7, 11) is 0. The number of nitrogens with one attached hydrogen (secondary N) is 1. The van der Waals surface area contributed by atoms with Crippen molar-refractivity contribution in [1.82, 2.24) is 5.32 Å². The third-order valence-electron chi connectivity index (χ3n) is 3.15. The zero-order valence-electron chi connectivity index (χ0n) is 11.1. The van der Waals surface area contributed by atoms with Crippen LogP contribution in [0.25, 0.3) is 0 Å². The third kappa shape index (κ3) is 3.95. The molecule has 0 aliphatic rings. The van der Waals surface area contributed by atoms with Crippen molar-refractivity contribution in [1.29, 1.82) is 0 Å². The van der Waals surface area contributed by atoms with Crippen LogP contribution in [0.2, 0.25) is 10.0 Å². The first-order chi connectivity index (χ1) is 9.90. The number of halogens is 5. The van der Waals surface area contributed by atoms with E-state index in [0.29, 0.717) is 10.0 Å². The van der Waals surface area contributed by atoms with Gasteiger partial charge in [-0.1, -0.05) is 29.3 Å². The second kappa shape index (κ2) is 7.05. The molecule has 1 nitrogen and oxygen atoms in total. The number of hydrogen-bond donors (Lipinski definition) is 1. The minimum atomic E-state index is -0.600. The Morgan fingerprint density at radius 1 is 1.19 bits per heavy atom. The normalized spacial score (nSPS) is 12.5. The summed E-state index contributed by atoms with van der Waals surface area (Å²) >= 11 is 15.0. The van der Waals surface area contributed by atoms with Gasteiger partial charge in [-0.3, -0.25) is 0 Å². The van der Waals surface area contributed by atoms with Crippen molar-refractivity contribution in [2.45, 2.75) is 19.5 Å². The molecule has 0 amide bonds. The standard InChI is InChI=1S/C15H12BrCl2F2N/c1-8(10-3-2-9(17)6-13(10)18)21-7-11-14(19)5-4-12(16)15(11)20/h2-6,8,21H,7H2,1H3. The highest BCUT2D eigenvalue weighted by Gasteiger charge is 2.15. The zero-order valence-corrected chi connectivity index (χ0v) is 14.2. The van der Waals surface area contributed by atoms with Crippen molar-refractivity contribution in [3.63, 3.8) is 0 Å². The molecule has 112 valence electrons. The number of hydrogen-bond acceptors (Lipinski definition) is 1. The maximum Gasteiger partial charge on any atom is 0.144 e. The minimum Gasteiger partial charge on any atom is -0.306 e. The van der Waals surface area contributed by atoms with Crippen molar-refractivity contribution < 1.29 is 8.78 Å². The summed E-state index contributed by atoms with van der Waals surface area (Å²) in [6.07, 6.45) is 0. The van der Waals surface area contributed by atoms with Gasteiger partial charge >= 0.3 is 0 Å². The molecule has 0 saturated heterocycles. The molecule has 0 aliphatic carbocycles. The lowest BCUT2D eigenvalue weighted by molar-refractivity contribution is 0.507. The first-order valence-corrected chi connectivity index (χ1v) is 7.75. The largest absolute Gasteiger partial charge is 0.306 e. The topological polar surface area (TPSA) is 12.0 Å². The van der Waals surface area contributed by atoms with Crippen LogP contribution in [-0.2, 0) is 6.54 Å². The summed E-state index contributed by atoms with van der Waals surface area (Å²) in [5.41, 5.74) is 0.804. The average Bonchev–Trinajstić information content (AvgIpc) is 2.43. The zero-order chi connectivity index (χ0) is 15.6. The smallest absolute Gasteiger partial charge is 0.144 e. The molecule has 1 N–H and O–H groups in total. The maximum absolute atomic E-state index is 13.9. The van der Waals surface area contributed by atoms with Crippen LogP contribution in [0.15, 0.2) is 34.8 Å². The average molecular weight is 395 g/mol. The molecule has 0 bridgehead atoms. The van der Waals surface area contributed by atoms with E-state index in [2.05, 4.69) is 21.2 Å². The van der Waals surface area contributed by atoms with Crippen molar-refractivity contribution in [3.05, 3.63) is 67.6 Å². The molecule has 0 saturated carbocycles. The fourth-order valence-corrected chi connectivity index (χ4v) is 2.89. The van der Waals surface area contributed by atoms with Crippen LogP contribution in [0.4, 0.5) is 8.78 Å². The van der Waals surface area contributed by atoms with Crippen LogP contribution in [0.1, 0.15) is 24.1 Å². The first kappa shape index (κ1) is 16.7. The van der Waals surface area contributed by atoms with Gasteiger partial charge in [-0.2, -0.15) is 0 Å². The van der Waals surface area contributed by atoms with E-state index < -0.39 is 11.6 Å². The Kier molecular flexibility index (Phi) is 5.60. The SMILES string of the molecule is CC(NCc1c(F)ccc(Br)c1F)c1ccc(Cl)cc1Cl. The molecule has 1 unspecified atom stereocenters. The van der Waals surface area contributed by atoms with Gasteiger partial charge in [-0.05, 0) is 52.7 Å². The van der Waals surface area contributed by atoms with Crippen LogP contribution in [0, 0.1) is 11.6 Å². The second-order valence-corrected chi connectivity index (χ2v) is 6.29. The monoisotopic (exact) mass is 393 g/mol. The molecule has 6 heteroatoms. The predicted molar refractivity (Wildman–Crippen MR) is 85.8 cm³/mol. The molecule has 2 rings (SSSR count). The van der Waals surface area contributed by atoms with Gasteiger partial charge < -0.3 is 5.32 Å². The van der Waals surface area contributed by atoms with E-state index in [1.807, 2.05) is 6.92 Å². The highest BCUT2D eigenvalue weighted by Crippen LogP contribution is 2.27. The van der Waals surface area contributed by atoms with Crippen molar-refractivity contribution in [2.75, 3.05) is 0 Å². The first-order valence-electron chi connectivity index (χ1n) is 6.21. The Labute approximate surface area is 140 Å². The molecule has 1 atom stereocenters. The van der Waals surface area contributed by atoms with Gasteiger partial charge in [-0.15, -0.1) is 0 Å². The summed E-state index contributed by atoms with van der Waals surface area (Å²) in [6.45, 7) is 1.92. The van der Waals surface area contributed by atoms with E-state index in [0.717, 1.165) is 5.56 Å². The fraction of sp³-hybridized carbons (Fsp3) is 0.200. The summed E-state index contributed by atoms with van der Waals surface area (Å²) in [5.74, 6) is -1.19. The summed E-state index contributed by atoms with van der Waals surface area (Å²) in [5, 5.41) is 4.11. The van der Waals surface area contributed by atoms with Crippen LogP contribution >= 0.6 is 39.1 Å². The van der Waals surface area contributed by atoms with Gasteiger partial charge in [0.2, 0.25) is 0 Å². The van der Waals surface area contributed by atoms with Crippen LogP contribution in [-0.4, -0.2) is 0 Å². The highest BCUT2D eigenvalue weighted by molar-refractivity contribution is 9.10. The Morgan fingerprint density at radius 3 is 2.57 bits per heavy atom. The Hall–Kier alpha value is -0.680. The molecule has 2 aromatic rings. The Bertz CT molecular complexity index is 664. The van der Waals surface area contributed by atoms with Gasteiger partial charge in [0.25, 0.3) is 0 Å². The van der Waals surface area contributed by atoms with E-state index in [9.17, 15) is 8.78 Å². The van der Waals surface area contributed by atoms with Gasteiger partial charge in [-0.25, -0.2) is 8.78 Å². The van der Waals surface area contributed by atoms with E-state index in [4.69, 9.17) is 23.2 Å². The van der Waals surface area contributed by atoms with Crippen molar-refractivity contribution in [3.8, 4) is 0 Å². The highest BCUT2D eigenvalue weighted by atomic mass is 79.9. The lowest BCUT2D eigenvalue weighted by Gasteiger charge is -2.17. The van der Waals surface area contributed by atoms with E-state index >= 15 is 0 Å². The fourth-order valence-electron chi connectivity index (χ4n) is 1.95. The van der Waals surface area contributed by atoms with Gasteiger partial charge in [0.1, 0.15) is 11.6 Å². The third-order valence-corrected chi connectivity index (χ3v) is 4.33. The summed E-state index contributed by atoms with van der Waals surface area (Å²) in [4.78, 5) is 0. The van der Waals surface area contributed by atoms with Crippen LogP contribution in [0.5, 0.6) is 0 Å².